The van der Waals surface area contributed by atoms with E-state index in [9.17, 15) is 27.9 Å². The number of carbonyl (C=O) groups excluding carboxylic acids is 2. The minimum Gasteiger partial charge on any atom is -0.477 e. The van der Waals surface area contributed by atoms with Gasteiger partial charge in [-0.1, -0.05) is 58.1 Å². The molecule has 1 heterocycles. The van der Waals surface area contributed by atoms with Crippen molar-refractivity contribution in [1.29, 1.82) is 0 Å². The lowest BCUT2D eigenvalue weighted by molar-refractivity contribution is -0.134. The molecule has 0 atom stereocenters. The highest BCUT2D eigenvalue weighted by molar-refractivity contribution is 7.90. The maximum Gasteiger partial charge on any atom is 0.352 e. The summed E-state index contributed by atoms with van der Waals surface area (Å²) in [5.41, 5.74) is 1.13. The minimum atomic E-state index is -4.12. The van der Waals surface area contributed by atoms with Crippen LogP contribution in [0.5, 0.6) is 0 Å². The lowest BCUT2D eigenvalue weighted by Crippen LogP contribution is -2.40. The highest BCUT2D eigenvalue weighted by atomic mass is 32.2. The summed E-state index contributed by atoms with van der Waals surface area (Å²) in [6, 6.07) is 6.22. The fourth-order valence-electron chi connectivity index (χ4n) is 5.16. The predicted molar refractivity (Wildman–Crippen MR) is 149 cm³/mol. The lowest BCUT2D eigenvalue weighted by Gasteiger charge is -2.31. The van der Waals surface area contributed by atoms with Crippen LogP contribution in [-0.2, 0) is 30.8 Å². The van der Waals surface area contributed by atoms with Crippen LogP contribution in [-0.4, -0.2) is 55.8 Å². The molecule has 0 bridgehead atoms. The number of hydrogen-bond acceptors (Lipinski definition) is 6. The molecule has 1 aromatic rings. The molecule has 1 aliphatic carbocycles. The van der Waals surface area contributed by atoms with Gasteiger partial charge in [0.1, 0.15) is 5.70 Å². The molecule has 3 N–H and O–H groups in total. The molecule has 10 heteroatoms. The third-order valence-corrected chi connectivity index (χ3v) is 9.03. The zero-order valence-corrected chi connectivity index (χ0v) is 23.8. The quantitative estimate of drug-likeness (QED) is 0.335. The van der Waals surface area contributed by atoms with E-state index in [1.54, 1.807) is 17.0 Å². The van der Waals surface area contributed by atoms with E-state index < -0.39 is 21.9 Å². The summed E-state index contributed by atoms with van der Waals surface area (Å²) in [5, 5.41) is 12.5. The fourth-order valence-corrected chi connectivity index (χ4v) is 6.14. The second kappa shape index (κ2) is 14.3. The summed E-state index contributed by atoms with van der Waals surface area (Å²) in [6.07, 6.45) is 11.5. The van der Waals surface area contributed by atoms with Gasteiger partial charge in [0, 0.05) is 31.6 Å². The predicted octanol–water partition coefficient (Wildman–Crippen LogP) is 3.77. The number of nitrogens with one attached hydrogen (secondary N) is 2. The summed E-state index contributed by atoms with van der Waals surface area (Å²) < 4.78 is 27.9. The molecule has 1 aromatic carbocycles. The third kappa shape index (κ3) is 8.95. The number of nitrogens with zero attached hydrogens (tertiary/aromatic N) is 1. The van der Waals surface area contributed by atoms with Crippen LogP contribution in [0.25, 0.3) is 0 Å². The summed E-state index contributed by atoms with van der Waals surface area (Å²) in [5.74, 6) is -1.08. The molecular formula is C29H41N3O6S. The first-order valence-electron chi connectivity index (χ1n) is 13.9. The number of benzene rings is 1. The van der Waals surface area contributed by atoms with Gasteiger partial charge in [-0.25, -0.2) is 17.9 Å². The Bertz CT molecular complexity index is 1180. The van der Waals surface area contributed by atoms with Crippen molar-refractivity contribution in [3.63, 3.8) is 0 Å². The Morgan fingerprint density at radius 1 is 1.03 bits per heavy atom. The van der Waals surface area contributed by atoms with Crippen molar-refractivity contribution in [2.75, 3.05) is 19.6 Å². The Kier molecular flexibility index (Phi) is 11.2. The molecule has 39 heavy (non-hydrogen) atoms. The number of sulfonamides is 1. The number of rotatable bonds is 13. The molecule has 0 saturated heterocycles. The van der Waals surface area contributed by atoms with E-state index in [-0.39, 0.29) is 34.5 Å². The van der Waals surface area contributed by atoms with Gasteiger partial charge in [-0.3, -0.25) is 9.59 Å². The van der Waals surface area contributed by atoms with Crippen LogP contribution in [0.2, 0.25) is 0 Å². The van der Waals surface area contributed by atoms with Gasteiger partial charge >= 0.3 is 5.97 Å². The number of aliphatic carboxylic acids is 1. The summed E-state index contributed by atoms with van der Waals surface area (Å²) in [6.45, 7) is 5.00. The number of carboxylic acids is 1. The van der Waals surface area contributed by atoms with Crippen molar-refractivity contribution in [2.45, 2.75) is 76.5 Å². The number of amides is 2. The maximum absolute atomic E-state index is 12.9. The van der Waals surface area contributed by atoms with Crippen molar-refractivity contribution < 1.29 is 27.9 Å². The minimum absolute atomic E-state index is 0.0153. The van der Waals surface area contributed by atoms with E-state index in [1.165, 1.54) is 43.5 Å². The molecule has 1 fully saturated rings. The van der Waals surface area contributed by atoms with Crippen molar-refractivity contribution >= 4 is 27.8 Å². The van der Waals surface area contributed by atoms with Gasteiger partial charge in [0.05, 0.1) is 4.90 Å². The van der Waals surface area contributed by atoms with E-state index in [4.69, 9.17) is 0 Å². The first kappa shape index (κ1) is 30.4. The molecule has 0 spiro atoms. The summed E-state index contributed by atoms with van der Waals surface area (Å²) >= 11 is 0. The van der Waals surface area contributed by atoms with Crippen LogP contribution in [0.15, 0.2) is 52.6 Å². The molecule has 3 rings (SSSR count). The molecule has 1 aliphatic heterocycles. The lowest BCUT2D eigenvalue weighted by atomic mass is 9.87. The first-order chi connectivity index (χ1) is 18.6. The number of carbonyl (C=O) groups is 3. The Morgan fingerprint density at radius 3 is 2.31 bits per heavy atom. The average molecular weight is 560 g/mol. The van der Waals surface area contributed by atoms with Gasteiger partial charge in [0.2, 0.25) is 5.91 Å². The molecule has 2 amide bonds. The van der Waals surface area contributed by atoms with Gasteiger partial charge < -0.3 is 15.3 Å². The largest absolute Gasteiger partial charge is 0.477 e. The molecule has 9 nitrogen and oxygen atoms in total. The van der Waals surface area contributed by atoms with Crippen molar-refractivity contribution in [3.05, 3.63) is 53.3 Å². The third-order valence-electron chi connectivity index (χ3n) is 7.68. The van der Waals surface area contributed by atoms with Crippen LogP contribution in [0, 0.1) is 11.8 Å². The Balaban J connectivity index is 1.55. The van der Waals surface area contributed by atoms with E-state index in [1.807, 2.05) is 13.8 Å². The first-order valence-corrected chi connectivity index (χ1v) is 15.4. The molecule has 0 unspecified atom stereocenters. The van der Waals surface area contributed by atoms with Crippen LogP contribution < -0.4 is 10.0 Å². The molecule has 0 radical (unpaired) electrons. The Morgan fingerprint density at radius 2 is 1.69 bits per heavy atom. The SMILES string of the molecule is CCC(CC)CN1CC(C(=O)NS(=O)(=O)c2ccc(CCNC(=O)CC3CCCCC3)cc2)=CC=C1C(=O)O. The number of hydrogen-bond donors (Lipinski definition) is 3. The summed E-state index contributed by atoms with van der Waals surface area (Å²) in [7, 11) is -4.12. The monoisotopic (exact) mass is 559 g/mol. The Hall–Kier alpha value is -3.14. The highest BCUT2D eigenvalue weighted by Crippen LogP contribution is 2.26. The highest BCUT2D eigenvalue weighted by Gasteiger charge is 2.27. The smallest absolute Gasteiger partial charge is 0.352 e. The van der Waals surface area contributed by atoms with E-state index >= 15 is 0 Å². The molecular weight excluding hydrogens is 518 g/mol. The topological polar surface area (TPSA) is 133 Å². The van der Waals surface area contributed by atoms with Crippen LogP contribution in [0.3, 0.4) is 0 Å². The fraction of sp³-hybridized carbons (Fsp3) is 0.552. The van der Waals surface area contributed by atoms with Gasteiger partial charge in [-0.2, -0.15) is 0 Å². The molecule has 214 valence electrons. The normalized spacial score (nSPS) is 16.4. The zero-order chi connectivity index (χ0) is 28.4. The Labute approximate surface area is 231 Å². The van der Waals surface area contributed by atoms with Gasteiger partial charge in [-0.05, 0) is 60.9 Å². The van der Waals surface area contributed by atoms with Gasteiger partial charge in [0.25, 0.3) is 15.9 Å². The second-order valence-electron chi connectivity index (χ2n) is 10.5. The standard InChI is InChI=1S/C29H41N3O6S/c1-3-21(4-2)19-32-20-24(12-15-26(32)29(35)36)28(34)31-39(37,38)25-13-10-22(11-14-25)16-17-30-27(33)18-23-8-6-5-7-9-23/h10-15,21,23H,3-9,16-20H2,1-2H3,(H,30,33)(H,31,34)(H,35,36). The van der Waals surface area contributed by atoms with Crippen LogP contribution in [0.4, 0.5) is 0 Å². The number of carboxylic acid groups (broad SMARTS) is 1. The van der Waals surface area contributed by atoms with Crippen molar-refractivity contribution in [2.24, 2.45) is 11.8 Å². The van der Waals surface area contributed by atoms with Gasteiger partial charge in [-0.15, -0.1) is 0 Å². The van der Waals surface area contributed by atoms with Crippen LogP contribution >= 0.6 is 0 Å². The maximum atomic E-state index is 12.9. The molecule has 1 saturated carbocycles. The average Bonchev–Trinajstić information content (AvgIpc) is 2.92. The van der Waals surface area contributed by atoms with E-state index in [0.717, 1.165) is 31.2 Å². The zero-order valence-electron chi connectivity index (χ0n) is 22.9. The van der Waals surface area contributed by atoms with Crippen molar-refractivity contribution in [3.8, 4) is 0 Å². The van der Waals surface area contributed by atoms with E-state index in [2.05, 4.69) is 10.0 Å². The summed E-state index contributed by atoms with van der Waals surface area (Å²) in [4.78, 5) is 38.3. The second-order valence-corrected chi connectivity index (χ2v) is 12.2. The number of allylic oxidation sites excluding steroid dienone is 2. The van der Waals surface area contributed by atoms with Crippen LogP contribution in [0.1, 0.15) is 70.8 Å². The van der Waals surface area contributed by atoms with Crippen molar-refractivity contribution in [1.82, 2.24) is 14.9 Å². The van der Waals surface area contributed by atoms with Gasteiger partial charge in [0.15, 0.2) is 0 Å². The molecule has 0 aromatic heterocycles. The molecule has 2 aliphatic rings. The van der Waals surface area contributed by atoms with E-state index in [0.29, 0.717) is 31.8 Å².